The van der Waals surface area contributed by atoms with Gasteiger partial charge in [0, 0.05) is 5.02 Å². The Morgan fingerprint density at radius 3 is 2.36 bits per heavy atom. The summed E-state index contributed by atoms with van der Waals surface area (Å²) in [7, 11) is 0. The van der Waals surface area contributed by atoms with E-state index in [0.717, 1.165) is 11.1 Å². The summed E-state index contributed by atoms with van der Waals surface area (Å²) < 4.78 is 5.58. The van der Waals surface area contributed by atoms with Gasteiger partial charge in [-0.1, -0.05) is 41.4 Å². The average Bonchev–Trinajstić information content (AvgIpc) is 2.81. The number of benzene rings is 2. The molecule has 0 aromatic heterocycles. The maximum Gasteiger partial charge on any atom is 0.325 e. The average molecular weight is 359 g/mol. The van der Waals surface area contributed by atoms with Crippen LogP contribution in [0.25, 0.3) is 0 Å². The van der Waals surface area contributed by atoms with Gasteiger partial charge in [0.15, 0.2) is 0 Å². The zero-order valence-corrected chi connectivity index (χ0v) is 14.8. The van der Waals surface area contributed by atoms with Crippen molar-refractivity contribution in [3.8, 4) is 5.75 Å². The largest absolute Gasteiger partial charge is 0.492 e. The van der Waals surface area contributed by atoms with E-state index in [9.17, 15) is 9.59 Å². The quantitative estimate of drug-likeness (QED) is 0.832. The number of rotatable bonds is 5. The molecule has 1 atom stereocenters. The first-order chi connectivity index (χ1) is 11.9. The van der Waals surface area contributed by atoms with Crippen LogP contribution in [0, 0.1) is 6.92 Å². The standard InChI is InChI=1S/C19H19ClN2O3/c1-13-3-5-14(6-4-13)19(2)17(23)22(18(24)21-19)11-12-25-16-9-7-15(20)8-10-16/h3-10H,11-12H2,1-2H3,(H,21,24)/t19-/m1/s1. The van der Waals surface area contributed by atoms with E-state index in [4.69, 9.17) is 16.3 Å². The molecular formula is C19H19ClN2O3. The molecule has 1 aliphatic heterocycles. The van der Waals surface area contributed by atoms with Gasteiger partial charge in [-0.2, -0.15) is 0 Å². The first-order valence-corrected chi connectivity index (χ1v) is 8.37. The smallest absolute Gasteiger partial charge is 0.325 e. The monoisotopic (exact) mass is 358 g/mol. The van der Waals surface area contributed by atoms with Gasteiger partial charge in [0.05, 0.1) is 6.54 Å². The number of aryl methyl sites for hydroxylation is 1. The van der Waals surface area contributed by atoms with Crippen LogP contribution < -0.4 is 10.1 Å². The molecule has 0 spiro atoms. The highest BCUT2D eigenvalue weighted by molar-refractivity contribution is 6.30. The Bertz CT molecular complexity index is 789. The molecule has 0 radical (unpaired) electrons. The minimum atomic E-state index is -1.05. The van der Waals surface area contributed by atoms with Gasteiger partial charge < -0.3 is 10.1 Å². The minimum Gasteiger partial charge on any atom is -0.492 e. The normalized spacial score (nSPS) is 19.9. The molecule has 0 saturated carbocycles. The lowest BCUT2D eigenvalue weighted by atomic mass is 9.91. The van der Waals surface area contributed by atoms with E-state index >= 15 is 0 Å². The third kappa shape index (κ3) is 3.46. The second kappa shape index (κ2) is 6.76. The Kier molecular flexibility index (Phi) is 4.68. The molecule has 1 aliphatic rings. The van der Waals surface area contributed by atoms with E-state index in [1.165, 1.54) is 4.90 Å². The van der Waals surface area contributed by atoms with Crippen molar-refractivity contribution in [2.24, 2.45) is 0 Å². The number of hydrogen-bond acceptors (Lipinski definition) is 3. The van der Waals surface area contributed by atoms with Crippen molar-refractivity contribution in [1.82, 2.24) is 10.2 Å². The van der Waals surface area contributed by atoms with E-state index in [-0.39, 0.29) is 19.1 Å². The van der Waals surface area contributed by atoms with Gasteiger partial charge in [-0.15, -0.1) is 0 Å². The van der Waals surface area contributed by atoms with Crippen LogP contribution in [-0.4, -0.2) is 30.0 Å². The lowest BCUT2D eigenvalue weighted by Crippen LogP contribution is -2.41. The molecule has 1 saturated heterocycles. The van der Waals surface area contributed by atoms with Crippen LogP contribution in [0.4, 0.5) is 4.79 Å². The van der Waals surface area contributed by atoms with Crippen LogP contribution in [0.3, 0.4) is 0 Å². The summed E-state index contributed by atoms with van der Waals surface area (Å²) in [5.41, 5.74) is 0.806. The molecule has 1 fully saturated rings. The summed E-state index contributed by atoms with van der Waals surface area (Å²) in [6, 6.07) is 14.1. The van der Waals surface area contributed by atoms with Gasteiger partial charge in [0.25, 0.3) is 5.91 Å². The van der Waals surface area contributed by atoms with Crippen LogP contribution in [0.2, 0.25) is 5.02 Å². The maximum atomic E-state index is 12.8. The molecule has 2 aromatic carbocycles. The van der Waals surface area contributed by atoms with E-state index in [1.807, 2.05) is 31.2 Å². The molecule has 130 valence electrons. The fraction of sp³-hybridized carbons (Fsp3) is 0.263. The number of halogens is 1. The van der Waals surface area contributed by atoms with Crippen molar-refractivity contribution in [2.45, 2.75) is 19.4 Å². The Labute approximate surface area is 151 Å². The van der Waals surface area contributed by atoms with E-state index in [2.05, 4.69) is 5.32 Å². The van der Waals surface area contributed by atoms with Gasteiger partial charge >= 0.3 is 6.03 Å². The predicted molar refractivity (Wildman–Crippen MR) is 95.7 cm³/mol. The topological polar surface area (TPSA) is 58.6 Å². The van der Waals surface area contributed by atoms with Crippen LogP contribution >= 0.6 is 11.6 Å². The number of carbonyl (C=O) groups is 2. The molecule has 1 N–H and O–H groups in total. The molecule has 0 unspecified atom stereocenters. The van der Waals surface area contributed by atoms with Crippen LogP contribution in [-0.2, 0) is 10.3 Å². The highest BCUT2D eigenvalue weighted by Crippen LogP contribution is 2.29. The van der Waals surface area contributed by atoms with Crippen molar-refractivity contribution < 1.29 is 14.3 Å². The van der Waals surface area contributed by atoms with Crippen molar-refractivity contribution in [1.29, 1.82) is 0 Å². The third-order valence-corrected chi connectivity index (χ3v) is 4.55. The fourth-order valence-corrected chi connectivity index (χ4v) is 2.89. The Hall–Kier alpha value is -2.53. The molecule has 5 nitrogen and oxygen atoms in total. The summed E-state index contributed by atoms with van der Waals surface area (Å²) in [6.45, 7) is 4.08. The van der Waals surface area contributed by atoms with Crippen LogP contribution in [0.15, 0.2) is 48.5 Å². The highest BCUT2D eigenvalue weighted by atomic mass is 35.5. The lowest BCUT2D eigenvalue weighted by Gasteiger charge is -2.22. The predicted octanol–water partition coefficient (Wildman–Crippen LogP) is 3.49. The molecular weight excluding hydrogens is 340 g/mol. The molecule has 6 heteroatoms. The summed E-state index contributed by atoms with van der Waals surface area (Å²) in [5.74, 6) is 0.360. The van der Waals surface area contributed by atoms with Gasteiger partial charge in [-0.25, -0.2) is 4.79 Å². The molecule has 3 rings (SSSR count). The van der Waals surface area contributed by atoms with Gasteiger partial charge in [0.2, 0.25) is 0 Å². The van der Waals surface area contributed by atoms with Crippen molar-refractivity contribution in [2.75, 3.05) is 13.2 Å². The number of amides is 3. The van der Waals surface area contributed by atoms with Crippen LogP contribution in [0.5, 0.6) is 5.75 Å². The molecule has 3 amide bonds. The number of nitrogens with one attached hydrogen (secondary N) is 1. The summed E-state index contributed by atoms with van der Waals surface area (Å²) in [6.07, 6.45) is 0. The number of ether oxygens (including phenoxy) is 1. The molecule has 0 bridgehead atoms. The first kappa shape index (κ1) is 17.3. The number of hydrogen-bond donors (Lipinski definition) is 1. The minimum absolute atomic E-state index is 0.175. The van der Waals surface area contributed by atoms with Crippen LogP contribution in [0.1, 0.15) is 18.1 Å². The van der Waals surface area contributed by atoms with E-state index in [0.29, 0.717) is 10.8 Å². The van der Waals surface area contributed by atoms with Gasteiger partial charge in [-0.05, 0) is 43.7 Å². The highest BCUT2D eigenvalue weighted by Gasteiger charge is 2.48. The first-order valence-electron chi connectivity index (χ1n) is 8.00. The number of carbonyl (C=O) groups excluding carboxylic acids is 2. The Morgan fingerprint density at radius 2 is 1.72 bits per heavy atom. The zero-order valence-electron chi connectivity index (χ0n) is 14.1. The van der Waals surface area contributed by atoms with Gasteiger partial charge in [-0.3, -0.25) is 9.69 Å². The van der Waals surface area contributed by atoms with Crippen molar-refractivity contribution in [3.63, 3.8) is 0 Å². The lowest BCUT2D eigenvalue weighted by molar-refractivity contribution is -0.131. The molecule has 1 heterocycles. The SMILES string of the molecule is Cc1ccc([C@@]2(C)NC(=O)N(CCOc3ccc(Cl)cc3)C2=O)cc1. The second-order valence-electron chi connectivity index (χ2n) is 6.18. The fourth-order valence-electron chi connectivity index (χ4n) is 2.77. The third-order valence-electron chi connectivity index (χ3n) is 4.30. The summed E-state index contributed by atoms with van der Waals surface area (Å²) in [5, 5.41) is 3.41. The zero-order chi connectivity index (χ0) is 18.0. The molecule has 25 heavy (non-hydrogen) atoms. The van der Waals surface area contributed by atoms with Gasteiger partial charge in [0.1, 0.15) is 17.9 Å². The van der Waals surface area contributed by atoms with Crippen molar-refractivity contribution >= 4 is 23.5 Å². The second-order valence-corrected chi connectivity index (χ2v) is 6.62. The number of urea groups is 1. The Morgan fingerprint density at radius 1 is 1.08 bits per heavy atom. The summed E-state index contributed by atoms with van der Waals surface area (Å²) >= 11 is 5.83. The van der Waals surface area contributed by atoms with E-state index in [1.54, 1.807) is 31.2 Å². The molecule has 2 aromatic rings. The number of imide groups is 1. The number of nitrogens with zero attached hydrogens (tertiary/aromatic N) is 1. The molecule has 0 aliphatic carbocycles. The Balaban J connectivity index is 1.66. The summed E-state index contributed by atoms with van der Waals surface area (Å²) in [4.78, 5) is 26.2. The van der Waals surface area contributed by atoms with E-state index < -0.39 is 11.6 Å². The maximum absolute atomic E-state index is 12.8. The van der Waals surface area contributed by atoms with Crippen molar-refractivity contribution in [3.05, 3.63) is 64.7 Å².